The smallest absolute Gasteiger partial charge is 0.339 e. The molecule has 0 amide bonds. The molecule has 0 aliphatic carbocycles. The average Bonchev–Trinajstić information content (AvgIpc) is 2.32. The Morgan fingerprint density at radius 2 is 1.71 bits per heavy atom. The van der Waals surface area contributed by atoms with Crippen molar-refractivity contribution in [2.75, 3.05) is 0 Å². The van der Waals surface area contributed by atoms with E-state index in [1.54, 1.807) is 6.92 Å². The Balaban J connectivity index is 2.65. The van der Waals surface area contributed by atoms with Crippen LogP contribution in [0.15, 0.2) is 45.6 Å². The molecule has 2 aromatic carbocycles. The van der Waals surface area contributed by atoms with Crippen LogP contribution in [0.5, 0.6) is 0 Å². The van der Waals surface area contributed by atoms with Gasteiger partial charge in [-0.1, -0.05) is 24.3 Å². The maximum atomic E-state index is 11.6. The molecule has 0 spiro atoms. The molecule has 0 unspecified atom stereocenters. The van der Waals surface area contributed by atoms with Crippen molar-refractivity contribution >= 4 is 21.7 Å². The fourth-order valence-electron chi connectivity index (χ4n) is 2.23. The molecule has 0 saturated heterocycles. The van der Waals surface area contributed by atoms with Gasteiger partial charge in [0.2, 0.25) is 0 Å². The van der Waals surface area contributed by atoms with Crippen LogP contribution in [-0.2, 0) is 0 Å². The lowest BCUT2D eigenvalue weighted by Crippen LogP contribution is -2.02. The van der Waals surface area contributed by atoms with Crippen LogP contribution in [0.3, 0.4) is 0 Å². The minimum atomic E-state index is -0.254. The second-order valence-electron chi connectivity index (χ2n) is 4.37. The molecule has 0 aliphatic rings. The van der Waals surface area contributed by atoms with E-state index in [1.807, 2.05) is 25.1 Å². The monoisotopic (exact) mass is 224 g/mol. The molecular formula is C15H12O2. The molecule has 2 heteroatoms. The van der Waals surface area contributed by atoms with Gasteiger partial charge in [0.1, 0.15) is 5.58 Å². The lowest BCUT2D eigenvalue weighted by atomic mass is 10.0. The molecule has 0 aliphatic heterocycles. The van der Waals surface area contributed by atoms with Gasteiger partial charge in [0.05, 0.1) is 0 Å². The van der Waals surface area contributed by atoms with Crippen molar-refractivity contribution in [3.8, 4) is 0 Å². The van der Waals surface area contributed by atoms with Gasteiger partial charge < -0.3 is 4.42 Å². The predicted octanol–water partition coefficient (Wildman–Crippen LogP) is 3.56. The maximum Gasteiger partial charge on any atom is 0.339 e. The van der Waals surface area contributed by atoms with E-state index in [-0.39, 0.29) is 5.63 Å². The van der Waals surface area contributed by atoms with E-state index in [0.717, 1.165) is 16.3 Å². The first-order valence-corrected chi connectivity index (χ1v) is 5.59. The second kappa shape index (κ2) is 3.45. The lowest BCUT2D eigenvalue weighted by Gasteiger charge is -2.06. The van der Waals surface area contributed by atoms with E-state index in [1.165, 1.54) is 5.39 Å². The van der Waals surface area contributed by atoms with Crippen molar-refractivity contribution in [2.45, 2.75) is 13.8 Å². The van der Waals surface area contributed by atoms with Crippen LogP contribution >= 0.6 is 0 Å². The first-order chi connectivity index (χ1) is 8.16. The zero-order valence-electron chi connectivity index (χ0n) is 9.78. The Morgan fingerprint density at radius 3 is 2.53 bits per heavy atom. The summed E-state index contributed by atoms with van der Waals surface area (Å²) in [7, 11) is 0. The summed E-state index contributed by atoms with van der Waals surface area (Å²) in [6, 6.07) is 12.1. The highest BCUT2D eigenvalue weighted by Crippen LogP contribution is 2.27. The van der Waals surface area contributed by atoms with E-state index >= 15 is 0 Å². The molecule has 0 atom stereocenters. The quantitative estimate of drug-likeness (QED) is 0.431. The first kappa shape index (κ1) is 10.1. The predicted molar refractivity (Wildman–Crippen MR) is 69.5 cm³/mol. The van der Waals surface area contributed by atoms with E-state index < -0.39 is 0 Å². The number of rotatable bonds is 0. The molecule has 3 aromatic rings. The number of hydrogen-bond donors (Lipinski definition) is 0. The topological polar surface area (TPSA) is 30.2 Å². The molecule has 84 valence electrons. The summed E-state index contributed by atoms with van der Waals surface area (Å²) in [4.78, 5) is 11.6. The Hall–Kier alpha value is -2.09. The van der Waals surface area contributed by atoms with E-state index in [4.69, 9.17) is 4.42 Å². The SMILES string of the molecule is Cc1cc2c(oc1=O)c(C)cc1ccccc12. The Labute approximate surface area is 98.5 Å². The number of aryl methyl sites for hydroxylation is 2. The van der Waals surface area contributed by atoms with Gasteiger partial charge in [-0.3, -0.25) is 0 Å². The Kier molecular flexibility index (Phi) is 2.05. The van der Waals surface area contributed by atoms with Crippen LogP contribution in [0, 0.1) is 13.8 Å². The van der Waals surface area contributed by atoms with E-state index in [9.17, 15) is 4.79 Å². The molecule has 1 heterocycles. The number of fused-ring (bicyclic) bond motifs is 3. The Bertz CT molecular complexity index is 782. The third kappa shape index (κ3) is 1.45. The van der Waals surface area contributed by atoms with E-state index in [2.05, 4.69) is 18.2 Å². The van der Waals surface area contributed by atoms with Crippen LogP contribution in [0.1, 0.15) is 11.1 Å². The largest absolute Gasteiger partial charge is 0.422 e. The molecule has 0 saturated carbocycles. The van der Waals surface area contributed by atoms with Gasteiger partial charge in [-0.15, -0.1) is 0 Å². The normalized spacial score (nSPS) is 11.2. The summed E-state index contributed by atoms with van der Waals surface area (Å²) >= 11 is 0. The van der Waals surface area contributed by atoms with Crippen molar-refractivity contribution < 1.29 is 4.42 Å². The van der Waals surface area contributed by atoms with Gasteiger partial charge in [0.25, 0.3) is 0 Å². The molecule has 0 fully saturated rings. The van der Waals surface area contributed by atoms with Gasteiger partial charge in [0, 0.05) is 10.9 Å². The highest BCUT2D eigenvalue weighted by atomic mass is 16.4. The summed E-state index contributed by atoms with van der Waals surface area (Å²) in [6.45, 7) is 3.75. The lowest BCUT2D eigenvalue weighted by molar-refractivity contribution is 0.553. The standard InChI is InChI=1S/C15H12O2/c1-9-7-11-5-3-4-6-12(11)13-8-10(2)15(16)17-14(9)13/h3-8H,1-2H3. The van der Waals surface area contributed by atoms with Crippen LogP contribution < -0.4 is 5.63 Å². The van der Waals surface area contributed by atoms with Crippen molar-refractivity contribution in [3.63, 3.8) is 0 Å². The zero-order valence-corrected chi connectivity index (χ0v) is 9.78. The summed E-state index contributed by atoms with van der Waals surface area (Å²) in [5.74, 6) is 0. The molecule has 0 radical (unpaired) electrons. The minimum Gasteiger partial charge on any atom is -0.422 e. The summed E-state index contributed by atoms with van der Waals surface area (Å²) < 4.78 is 5.38. The van der Waals surface area contributed by atoms with Crippen molar-refractivity contribution in [1.82, 2.24) is 0 Å². The first-order valence-electron chi connectivity index (χ1n) is 5.59. The fourth-order valence-corrected chi connectivity index (χ4v) is 2.23. The minimum absolute atomic E-state index is 0.254. The third-order valence-electron chi connectivity index (χ3n) is 3.10. The molecule has 3 rings (SSSR count). The van der Waals surface area contributed by atoms with Gasteiger partial charge in [-0.05, 0) is 42.3 Å². The van der Waals surface area contributed by atoms with Gasteiger partial charge in [-0.2, -0.15) is 0 Å². The van der Waals surface area contributed by atoms with Gasteiger partial charge in [0.15, 0.2) is 0 Å². The van der Waals surface area contributed by atoms with Gasteiger partial charge in [-0.25, -0.2) is 4.79 Å². The third-order valence-corrected chi connectivity index (χ3v) is 3.10. The zero-order chi connectivity index (χ0) is 12.0. The highest BCUT2D eigenvalue weighted by Gasteiger charge is 2.08. The van der Waals surface area contributed by atoms with E-state index in [0.29, 0.717) is 11.1 Å². The highest BCUT2D eigenvalue weighted by molar-refractivity contribution is 6.06. The number of hydrogen-bond acceptors (Lipinski definition) is 2. The molecule has 0 N–H and O–H groups in total. The average molecular weight is 224 g/mol. The van der Waals surface area contributed by atoms with Crippen molar-refractivity contribution in [2.24, 2.45) is 0 Å². The van der Waals surface area contributed by atoms with Crippen molar-refractivity contribution in [1.29, 1.82) is 0 Å². The van der Waals surface area contributed by atoms with Crippen molar-refractivity contribution in [3.05, 3.63) is 57.9 Å². The Morgan fingerprint density at radius 1 is 0.941 bits per heavy atom. The van der Waals surface area contributed by atoms with Gasteiger partial charge >= 0.3 is 5.63 Å². The summed E-state index contributed by atoms with van der Waals surface area (Å²) in [5, 5.41) is 3.31. The van der Waals surface area contributed by atoms with Crippen LogP contribution in [0.25, 0.3) is 21.7 Å². The van der Waals surface area contributed by atoms with Crippen LogP contribution in [-0.4, -0.2) is 0 Å². The molecule has 2 nitrogen and oxygen atoms in total. The fraction of sp³-hybridized carbons (Fsp3) is 0.133. The molecular weight excluding hydrogens is 212 g/mol. The summed E-state index contributed by atoms with van der Waals surface area (Å²) in [6.07, 6.45) is 0. The molecule has 1 aromatic heterocycles. The summed E-state index contributed by atoms with van der Waals surface area (Å²) in [5.41, 5.74) is 2.08. The second-order valence-corrected chi connectivity index (χ2v) is 4.37. The molecule has 17 heavy (non-hydrogen) atoms. The van der Waals surface area contributed by atoms with Crippen LogP contribution in [0.2, 0.25) is 0 Å². The molecule has 0 bridgehead atoms. The number of benzene rings is 2. The van der Waals surface area contributed by atoms with Crippen LogP contribution in [0.4, 0.5) is 0 Å². The maximum absolute atomic E-state index is 11.6.